The third-order valence-corrected chi connectivity index (χ3v) is 10.9. The van der Waals surface area contributed by atoms with E-state index in [9.17, 15) is 9.59 Å². The first-order valence-electron chi connectivity index (χ1n) is 16.9. The van der Waals surface area contributed by atoms with Crippen LogP contribution in [0.15, 0.2) is 60.7 Å². The topological polar surface area (TPSA) is 64.7 Å². The summed E-state index contributed by atoms with van der Waals surface area (Å²) in [6.45, 7) is 3.70. The number of carbonyl (C=O) groups excluding carboxylic acids is 2. The molecule has 4 aliphatic rings. The highest BCUT2D eigenvalue weighted by Crippen LogP contribution is 2.49. The summed E-state index contributed by atoms with van der Waals surface area (Å²) < 4.78 is 15.3. The number of aryl methyl sites for hydroxylation is 1. The van der Waals surface area contributed by atoms with Gasteiger partial charge in [0.15, 0.2) is 0 Å². The highest BCUT2D eigenvalue weighted by Gasteiger charge is 2.50. The van der Waals surface area contributed by atoms with Gasteiger partial charge < -0.3 is 20.4 Å². The van der Waals surface area contributed by atoms with E-state index < -0.39 is 17.8 Å². The molecule has 2 aliphatic carbocycles. The van der Waals surface area contributed by atoms with E-state index in [0.717, 1.165) is 55.7 Å². The van der Waals surface area contributed by atoms with Crippen LogP contribution in [0.5, 0.6) is 0 Å². The Hall–Kier alpha value is -3.71. The molecule has 2 N–H and O–H groups in total. The minimum atomic E-state index is -0.504. The van der Waals surface area contributed by atoms with Gasteiger partial charge in [-0.3, -0.25) is 9.59 Å². The Morgan fingerprint density at radius 3 is 2.44 bits per heavy atom. The molecular formula is C38H45FN4O2. The Bertz CT molecular complexity index is 1550. The van der Waals surface area contributed by atoms with E-state index >= 15 is 4.39 Å². The zero-order valence-electron chi connectivity index (χ0n) is 26.5. The molecule has 236 valence electrons. The number of piperidine rings is 1. The van der Waals surface area contributed by atoms with Gasteiger partial charge in [-0.1, -0.05) is 49.6 Å². The molecular weight excluding hydrogens is 563 g/mol. The van der Waals surface area contributed by atoms with Gasteiger partial charge in [-0.15, -0.1) is 0 Å². The number of nitrogens with one attached hydrogen (secondary N) is 2. The van der Waals surface area contributed by atoms with Gasteiger partial charge in [0.2, 0.25) is 5.91 Å². The van der Waals surface area contributed by atoms with Crippen LogP contribution in [0, 0.1) is 24.6 Å². The quantitative estimate of drug-likeness (QED) is 0.305. The van der Waals surface area contributed by atoms with Gasteiger partial charge >= 0.3 is 0 Å². The molecule has 2 aliphatic heterocycles. The van der Waals surface area contributed by atoms with Crippen molar-refractivity contribution in [3.05, 3.63) is 94.3 Å². The highest BCUT2D eigenvalue weighted by molar-refractivity contribution is 5.98. The first-order valence-corrected chi connectivity index (χ1v) is 16.9. The van der Waals surface area contributed by atoms with Gasteiger partial charge in [0.25, 0.3) is 5.91 Å². The van der Waals surface area contributed by atoms with Crippen molar-refractivity contribution in [3.8, 4) is 0 Å². The van der Waals surface area contributed by atoms with Crippen molar-refractivity contribution in [3.63, 3.8) is 0 Å². The second-order valence-corrected chi connectivity index (χ2v) is 13.9. The van der Waals surface area contributed by atoms with Gasteiger partial charge in [0, 0.05) is 36.5 Å². The molecule has 4 unspecified atom stereocenters. The van der Waals surface area contributed by atoms with Crippen molar-refractivity contribution in [2.24, 2.45) is 11.8 Å². The standard InChI is InChI=1S/C38H45FN4O2/c1-24-7-5-11-33(39)35(24)38(45)43-34-12-6-8-27(34)22-32(36(43)25-13-16-30(17-14-25)40-29-9-3-4-10-29)37(44)41-31-18-15-28-23-42(2)20-19-26(28)21-31/h5,7,11,13-18,21,27,29,32,34,36,40H,3-4,6,8-10,12,19-20,22-23H2,1-2H3,(H,41,44). The first kappa shape index (κ1) is 30.0. The molecule has 0 bridgehead atoms. The summed E-state index contributed by atoms with van der Waals surface area (Å²) in [6.07, 6.45) is 9.37. The van der Waals surface area contributed by atoms with E-state index in [-0.39, 0.29) is 29.3 Å². The number of hydrogen-bond acceptors (Lipinski definition) is 4. The SMILES string of the molecule is Cc1cccc(F)c1C(=O)N1C2CCCC2CC(C(=O)Nc2ccc3c(c2)CCN(C)C3)C1c1ccc(NC2CCCC2)cc1. The number of nitrogens with zero attached hydrogens (tertiary/aromatic N) is 2. The molecule has 2 heterocycles. The number of hydrogen-bond donors (Lipinski definition) is 2. The lowest BCUT2D eigenvalue weighted by Gasteiger charge is -2.48. The third-order valence-electron chi connectivity index (χ3n) is 10.9. The monoisotopic (exact) mass is 608 g/mol. The van der Waals surface area contributed by atoms with Crippen LogP contribution in [0.4, 0.5) is 15.8 Å². The number of likely N-dealkylation sites (N-methyl/N-ethyl adjacent to an activating group) is 1. The molecule has 6 nitrogen and oxygen atoms in total. The molecule has 2 saturated carbocycles. The second kappa shape index (κ2) is 12.6. The number of likely N-dealkylation sites (tertiary alicyclic amines) is 1. The smallest absolute Gasteiger partial charge is 0.257 e. The summed E-state index contributed by atoms with van der Waals surface area (Å²) in [7, 11) is 2.13. The summed E-state index contributed by atoms with van der Waals surface area (Å²) in [6, 6.07) is 19.3. The molecule has 0 spiro atoms. The maximum Gasteiger partial charge on any atom is 0.257 e. The number of anilines is 2. The lowest BCUT2D eigenvalue weighted by molar-refractivity contribution is -0.125. The molecule has 3 fully saturated rings. The van der Waals surface area contributed by atoms with Gasteiger partial charge in [0.1, 0.15) is 5.82 Å². The lowest BCUT2D eigenvalue weighted by atomic mass is 9.76. The summed E-state index contributed by atoms with van der Waals surface area (Å²) in [5, 5.41) is 6.92. The fraction of sp³-hybridized carbons (Fsp3) is 0.474. The summed E-state index contributed by atoms with van der Waals surface area (Å²) in [5.74, 6) is -1.15. The van der Waals surface area contributed by atoms with Gasteiger partial charge in [-0.05, 0) is 111 Å². The van der Waals surface area contributed by atoms with Crippen LogP contribution in [-0.4, -0.2) is 47.3 Å². The molecule has 4 atom stereocenters. The maximum absolute atomic E-state index is 15.3. The second-order valence-electron chi connectivity index (χ2n) is 13.9. The van der Waals surface area contributed by atoms with Gasteiger partial charge in [0.05, 0.1) is 17.5 Å². The summed E-state index contributed by atoms with van der Waals surface area (Å²) >= 11 is 0. The van der Waals surface area contributed by atoms with Gasteiger partial charge in [-0.25, -0.2) is 4.39 Å². The van der Waals surface area contributed by atoms with Gasteiger partial charge in [-0.2, -0.15) is 0 Å². The van der Waals surface area contributed by atoms with Crippen molar-refractivity contribution in [1.82, 2.24) is 9.80 Å². The summed E-state index contributed by atoms with van der Waals surface area (Å²) in [5.41, 5.74) is 6.10. The Balaban J connectivity index is 1.25. The molecule has 3 aromatic rings. The number of benzene rings is 3. The summed E-state index contributed by atoms with van der Waals surface area (Å²) in [4.78, 5) is 33.1. The largest absolute Gasteiger partial charge is 0.382 e. The number of carbonyl (C=O) groups is 2. The van der Waals surface area contributed by atoms with Crippen LogP contribution >= 0.6 is 0 Å². The van der Waals surface area contributed by atoms with Crippen LogP contribution in [0.25, 0.3) is 0 Å². The Morgan fingerprint density at radius 1 is 0.889 bits per heavy atom. The van der Waals surface area contributed by atoms with Crippen LogP contribution in [0.1, 0.15) is 90.0 Å². The van der Waals surface area contributed by atoms with Crippen LogP contribution in [-0.2, 0) is 17.8 Å². The lowest BCUT2D eigenvalue weighted by Crippen LogP contribution is -2.54. The van der Waals surface area contributed by atoms with Crippen molar-refractivity contribution < 1.29 is 14.0 Å². The third kappa shape index (κ3) is 5.99. The fourth-order valence-corrected chi connectivity index (χ4v) is 8.55. The van der Waals surface area contributed by atoms with Crippen molar-refractivity contribution in [2.75, 3.05) is 24.2 Å². The molecule has 7 heteroatoms. The average molecular weight is 609 g/mol. The van der Waals surface area contributed by atoms with Crippen molar-refractivity contribution in [1.29, 1.82) is 0 Å². The van der Waals surface area contributed by atoms with Crippen molar-refractivity contribution in [2.45, 2.75) is 89.4 Å². The van der Waals surface area contributed by atoms with E-state index in [1.165, 1.54) is 42.9 Å². The maximum atomic E-state index is 15.3. The minimum Gasteiger partial charge on any atom is -0.382 e. The molecule has 3 aromatic carbocycles. The van der Waals surface area contributed by atoms with E-state index in [1.807, 2.05) is 11.0 Å². The number of rotatable bonds is 6. The number of amides is 2. The van der Waals surface area contributed by atoms with Crippen LogP contribution in [0.3, 0.4) is 0 Å². The van der Waals surface area contributed by atoms with Crippen LogP contribution in [0.2, 0.25) is 0 Å². The Kier molecular flexibility index (Phi) is 8.38. The molecule has 0 radical (unpaired) electrons. The molecule has 1 saturated heterocycles. The zero-order valence-corrected chi connectivity index (χ0v) is 26.5. The average Bonchev–Trinajstić information content (AvgIpc) is 3.73. The first-order chi connectivity index (χ1) is 21.9. The van der Waals surface area contributed by atoms with E-state index in [0.29, 0.717) is 18.0 Å². The van der Waals surface area contributed by atoms with E-state index in [1.54, 1.807) is 19.1 Å². The minimum absolute atomic E-state index is 0.0254. The van der Waals surface area contributed by atoms with E-state index in [2.05, 4.69) is 59.0 Å². The fourth-order valence-electron chi connectivity index (χ4n) is 8.55. The predicted octanol–water partition coefficient (Wildman–Crippen LogP) is 7.49. The van der Waals surface area contributed by atoms with Crippen LogP contribution < -0.4 is 10.6 Å². The zero-order chi connectivity index (χ0) is 31.1. The molecule has 2 amide bonds. The Morgan fingerprint density at radius 2 is 1.67 bits per heavy atom. The molecule has 7 rings (SSSR count). The van der Waals surface area contributed by atoms with E-state index in [4.69, 9.17) is 0 Å². The number of halogens is 1. The predicted molar refractivity (Wildman–Crippen MR) is 177 cm³/mol. The normalized spacial score (nSPS) is 25.1. The van der Waals surface area contributed by atoms with Crippen molar-refractivity contribution >= 4 is 23.2 Å². The Labute approximate surface area is 266 Å². The number of fused-ring (bicyclic) bond motifs is 2. The highest BCUT2D eigenvalue weighted by atomic mass is 19.1. The molecule has 0 aromatic heterocycles. The molecule has 45 heavy (non-hydrogen) atoms.